The lowest BCUT2D eigenvalue weighted by molar-refractivity contribution is 0.0915. The number of carbonyl (C=O) groups excluding carboxylic acids is 1. The van der Waals surface area contributed by atoms with Crippen molar-refractivity contribution < 1.29 is 9.53 Å². The van der Waals surface area contributed by atoms with E-state index in [1.807, 2.05) is 54.6 Å². The highest BCUT2D eigenvalue weighted by Gasteiger charge is 2.26. The highest BCUT2D eigenvalue weighted by molar-refractivity contribution is 6.00. The molecule has 6 nitrogen and oxygen atoms in total. The number of hydrogen-bond acceptors (Lipinski definition) is 4. The first-order chi connectivity index (χ1) is 14.2. The third-order valence-corrected chi connectivity index (χ3v) is 5.44. The maximum Gasteiger partial charge on any atom is 0.255 e. The predicted octanol–water partition coefficient (Wildman–Crippen LogP) is 3.70. The summed E-state index contributed by atoms with van der Waals surface area (Å²) in [7, 11) is 1.63. The Bertz CT molecular complexity index is 990. The van der Waals surface area contributed by atoms with Gasteiger partial charge in [-0.1, -0.05) is 37.3 Å². The lowest BCUT2D eigenvalue weighted by Gasteiger charge is -2.30. The van der Waals surface area contributed by atoms with Crippen LogP contribution in [-0.4, -0.2) is 41.9 Å². The van der Waals surface area contributed by atoms with Crippen molar-refractivity contribution in [3.63, 3.8) is 0 Å². The average Bonchev–Trinajstić information content (AvgIpc) is 3.21. The van der Waals surface area contributed by atoms with Crippen LogP contribution in [0.5, 0.6) is 5.75 Å². The van der Waals surface area contributed by atoms with Gasteiger partial charge in [0, 0.05) is 17.8 Å². The first-order valence-corrected chi connectivity index (χ1v) is 9.97. The number of carbonyl (C=O) groups is 1. The smallest absolute Gasteiger partial charge is 0.255 e. The topological polar surface area (TPSA) is 68.2 Å². The van der Waals surface area contributed by atoms with E-state index in [1.54, 1.807) is 18.0 Å². The van der Waals surface area contributed by atoms with Gasteiger partial charge in [-0.2, -0.15) is 5.10 Å². The molecule has 7 heteroatoms. The molecule has 2 atom stereocenters. The fourth-order valence-corrected chi connectivity index (χ4v) is 3.77. The molecular weight excluding hydrogens is 400 g/mol. The van der Waals surface area contributed by atoms with E-state index in [9.17, 15) is 4.79 Å². The number of methoxy groups -OCH3 is 1. The van der Waals surface area contributed by atoms with Gasteiger partial charge in [-0.05, 0) is 49.7 Å². The van der Waals surface area contributed by atoms with Crippen molar-refractivity contribution >= 4 is 18.3 Å². The molecule has 1 aliphatic rings. The van der Waals surface area contributed by atoms with Crippen LogP contribution in [0.3, 0.4) is 0 Å². The van der Waals surface area contributed by atoms with Crippen LogP contribution >= 0.6 is 12.4 Å². The zero-order valence-corrected chi connectivity index (χ0v) is 18.0. The second kappa shape index (κ2) is 9.78. The molecule has 2 heterocycles. The summed E-state index contributed by atoms with van der Waals surface area (Å²) in [5, 5.41) is 11.4. The highest BCUT2D eigenvalue weighted by atomic mass is 35.5. The molecule has 0 aliphatic carbocycles. The van der Waals surface area contributed by atoms with Gasteiger partial charge in [0.05, 0.1) is 18.4 Å². The van der Waals surface area contributed by atoms with Crippen molar-refractivity contribution in [1.82, 2.24) is 20.4 Å². The third-order valence-electron chi connectivity index (χ3n) is 5.44. The molecule has 0 radical (unpaired) electrons. The van der Waals surface area contributed by atoms with Gasteiger partial charge in [-0.25, -0.2) is 4.68 Å². The molecule has 1 aromatic heterocycles. The standard InChI is InChI=1S/C23H26N4O2.ClH/c1-16-14-24-13-12-20(16)25-23(28)19-15-27(17-8-4-3-5-9-17)26-22(19)18-10-6-7-11-21(18)29-2;/h3-11,15-16,20,24H,12-14H2,1-2H3,(H,25,28);1H. The molecule has 1 saturated heterocycles. The molecule has 2 N–H and O–H groups in total. The lowest BCUT2D eigenvalue weighted by Crippen LogP contribution is -2.48. The van der Waals surface area contributed by atoms with Crippen molar-refractivity contribution in [1.29, 1.82) is 0 Å². The molecule has 0 saturated carbocycles. The van der Waals surface area contributed by atoms with Gasteiger partial charge < -0.3 is 15.4 Å². The number of piperidine rings is 1. The minimum Gasteiger partial charge on any atom is -0.496 e. The van der Waals surface area contributed by atoms with E-state index in [4.69, 9.17) is 9.84 Å². The predicted molar refractivity (Wildman–Crippen MR) is 121 cm³/mol. The Kier molecular flexibility index (Phi) is 7.13. The van der Waals surface area contributed by atoms with Crippen molar-refractivity contribution in [3.05, 3.63) is 66.4 Å². The lowest BCUT2D eigenvalue weighted by atomic mass is 9.95. The van der Waals surface area contributed by atoms with Gasteiger partial charge in [0.1, 0.15) is 11.4 Å². The number of rotatable bonds is 5. The van der Waals surface area contributed by atoms with Crippen molar-refractivity contribution in [3.8, 4) is 22.7 Å². The summed E-state index contributed by atoms with van der Waals surface area (Å²) in [4.78, 5) is 13.3. The van der Waals surface area contributed by atoms with E-state index >= 15 is 0 Å². The van der Waals surface area contributed by atoms with Gasteiger partial charge in [0.15, 0.2) is 0 Å². The number of ether oxygens (including phenoxy) is 1. The summed E-state index contributed by atoms with van der Waals surface area (Å²) in [5.41, 5.74) is 2.86. The molecule has 30 heavy (non-hydrogen) atoms. The maximum absolute atomic E-state index is 13.3. The Balaban J connectivity index is 0.00000256. The van der Waals surface area contributed by atoms with E-state index in [0.717, 1.165) is 30.8 Å². The second-order valence-corrected chi connectivity index (χ2v) is 7.42. The number of halogens is 1. The van der Waals surface area contributed by atoms with Crippen molar-refractivity contribution in [2.45, 2.75) is 19.4 Å². The first kappa shape index (κ1) is 21.9. The van der Waals surface area contributed by atoms with Crippen LogP contribution in [0.4, 0.5) is 0 Å². The zero-order chi connectivity index (χ0) is 20.2. The van der Waals surface area contributed by atoms with Crippen LogP contribution in [-0.2, 0) is 0 Å². The quantitative estimate of drug-likeness (QED) is 0.652. The zero-order valence-electron chi connectivity index (χ0n) is 17.2. The van der Waals surface area contributed by atoms with E-state index in [2.05, 4.69) is 17.6 Å². The van der Waals surface area contributed by atoms with Crippen LogP contribution in [0.25, 0.3) is 16.9 Å². The minimum absolute atomic E-state index is 0. The number of hydrogen-bond donors (Lipinski definition) is 2. The molecule has 1 amide bonds. The monoisotopic (exact) mass is 426 g/mol. The maximum atomic E-state index is 13.3. The Hall–Kier alpha value is -2.83. The Morgan fingerprint density at radius 3 is 2.63 bits per heavy atom. The summed E-state index contributed by atoms with van der Waals surface area (Å²) >= 11 is 0. The van der Waals surface area contributed by atoms with Crippen LogP contribution in [0.2, 0.25) is 0 Å². The summed E-state index contributed by atoms with van der Waals surface area (Å²) in [6, 6.07) is 17.6. The Labute approximate surface area is 183 Å². The number of nitrogens with one attached hydrogen (secondary N) is 2. The summed E-state index contributed by atoms with van der Waals surface area (Å²) < 4.78 is 7.28. The van der Waals surface area contributed by atoms with Gasteiger partial charge in [0.2, 0.25) is 0 Å². The van der Waals surface area contributed by atoms with Crippen molar-refractivity contribution in [2.24, 2.45) is 5.92 Å². The molecule has 4 rings (SSSR count). The molecular formula is C23H27ClN4O2. The number of aromatic nitrogens is 2. The molecule has 158 valence electrons. The van der Waals surface area contributed by atoms with E-state index in [0.29, 0.717) is 22.9 Å². The first-order valence-electron chi connectivity index (χ1n) is 9.97. The second-order valence-electron chi connectivity index (χ2n) is 7.42. The molecule has 0 spiro atoms. The van der Waals surface area contributed by atoms with Crippen LogP contribution in [0.1, 0.15) is 23.7 Å². The Morgan fingerprint density at radius 2 is 1.90 bits per heavy atom. The molecule has 3 aromatic rings. The Morgan fingerprint density at radius 1 is 1.17 bits per heavy atom. The summed E-state index contributed by atoms with van der Waals surface area (Å²) in [6.45, 7) is 3.98. The average molecular weight is 427 g/mol. The van der Waals surface area contributed by atoms with Crippen molar-refractivity contribution in [2.75, 3.05) is 20.2 Å². The van der Waals surface area contributed by atoms with E-state index in [-0.39, 0.29) is 24.4 Å². The van der Waals surface area contributed by atoms with Crippen LogP contribution < -0.4 is 15.4 Å². The van der Waals surface area contributed by atoms with Gasteiger partial charge >= 0.3 is 0 Å². The van der Waals surface area contributed by atoms with E-state index in [1.165, 1.54) is 0 Å². The molecule has 1 aliphatic heterocycles. The SMILES string of the molecule is COc1ccccc1-c1nn(-c2ccccc2)cc1C(=O)NC1CCNCC1C.Cl. The van der Waals surface area contributed by atoms with Crippen LogP contribution in [0.15, 0.2) is 60.8 Å². The largest absolute Gasteiger partial charge is 0.496 e. The normalized spacial score (nSPS) is 18.3. The van der Waals surface area contributed by atoms with Crippen LogP contribution in [0, 0.1) is 5.92 Å². The fraction of sp³-hybridized carbons (Fsp3) is 0.304. The fourth-order valence-electron chi connectivity index (χ4n) is 3.77. The minimum atomic E-state index is -0.105. The molecule has 2 aromatic carbocycles. The summed E-state index contributed by atoms with van der Waals surface area (Å²) in [5.74, 6) is 0.966. The van der Waals surface area contributed by atoms with Gasteiger partial charge in [0.25, 0.3) is 5.91 Å². The van der Waals surface area contributed by atoms with E-state index < -0.39 is 0 Å². The number of amides is 1. The number of benzene rings is 2. The van der Waals surface area contributed by atoms with Gasteiger partial charge in [-0.3, -0.25) is 4.79 Å². The molecule has 0 bridgehead atoms. The molecule has 1 fully saturated rings. The highest BCUT2D eigenvalue weighted by Crippen LogP contribution is 2.32. The summed E-state index contributed by atoms with van der Waals surface area (Å²) in [6.07, 6.45) is 2.72. The number of nitrogens with zero attached hydrogens (tertiary/aromatic N) is 2. The third kappa shape index (κ3) is 4.50. The number of para-hydroxylation sites is 2. The molecule has 2 unspecified atom stereocenters. The van der Waals surface area contributed by atoms with Gasteiger partial charge in [-0.15, -0.1) is 12.4 Å².